The maximum Gasteiger partial charge on any atom is 0.271 e. The molecule has 0 aliphatic carbocycles. The quantitative estimate of drug-likeness (QED) is 0.402. The van der Waals surface area contributed by atoms with Gasteiger partial charge < -0.3 is 10.2 Å². The van der Waals surface area contributed by atoms with Crippen molar-refractivity contribution in [1.82, 2.24) is 10.2 Å². The number of hydrogen-bond donors (Lipinski definition) is 1. The highest BCUT2D eigenvalue weighted by atomic mass is 32.2. The van der Waals surface area contributed by atoms with Crippen molar-refractivity contribution in [3.8, 4) is 0 Å². The molecule has 0 aromatic heterocycles. The van der Waals surface area contributed by atoms with Crippen LogP contribution in [-0.2, 0) is 26.2 Å². The lowest BCUT2D eigenvalue weighted by atomic mass is 10.1. The number of sulfonamides is 1. The van der Waals surface area contributed by atoms with Crippen LogP contribution in [0.25, 0.3) is 0 Å². The fourth-order valence-electron chi connectivity index (χ4n) is 3.55. The van der Waals surface area contributed by atoms with Gasteiger partial charge in [-0.05, 0) is 31.4 Å². The number of rotatable bonds is 10. The molecule has 2 rings (SSSR count). The third-order valence-electron chi connectivity index (χ3n) is 5.46. The molecule has 34 heavy (non-hydrogen) atoms. The van der Waals surface area contributed by atoms with Gasteiger partial charge in [0.15, 0.2) is 0 Å². The molecule has 10 nitrogen and oxygen atoms in total. The Morgan fingerprint density at radius 3 is 2.24 bits per heavy atom. The molecule has 0 unspecified atom stereocenters. The Morgan fingerprint density at radius 1 is 1.12 bits per heavy atom. The lowest BCUT2D eigenvalue weighted by molar-refractivity contribution is -0.384. The molecule has 1 N–H and O–H groups in total. The third kappa shape index (κ3) is 6.53. The predicted molar refractivity (Wildman–Crippen MR) is 130 cm³/mol. The van der Waals surface area contributed by atoms with Crippen molar-refractivity contribution in [3.63, 3.8) is 0 Å². The number of benzene rings is 2. The third-order valence-corrected chi connectivity index (χ3v) is 6.58. The van der Waals surface area contributed by atoms with Crippen LogP contribution in [-0.4, -0.2) is 55.9 Å². The minimum absolute atomic E-state index is 0.0355. The molecule has 1 atom stereocenters. The van der Waals surface area contributed by atoms with Gasteiger partial charge in [0.2, 0.25) is 21.8 Å². The number of carbonyl (C=O) groups is 2. The van der Waals surface area contributed by atoms with Crippen molar-refractivity contribution in [2.24, 2.45) is 0 Å². The van der Waals surface area contributed by atoms with Gasteiger partial charge in [0.1, 0.15) is 12.6 Å². The largest absolute Gasteiger partial charge is 0.357 e. The van der Waals surface area contributed by atoms with Gasteiger partial charge in [0, 0.05) is 25.7 Å². The number of anilines is 1. The number of likely N-dealkylation sites (N-methyl/N-ethyl adjacent to an activating group) is 1. The van der Waals surface area contributed by atoms with E-state index in [2.05, 4.69) is 5.32 Å². The average molecular weight is 491 g/mol. The molecule has 0 aliphatic rings. The number of hydrogen-bond acceptors (Lipinski definition) is 6. The summed E-state index contributed by atoms with van der Waals surface area (Å²) in [5.41, 5.74) is 2.00. The first-order valence-electron chi connectivity index (χ1n) is 10.7. The van der Waals surface area contributed by atoms with E-state index in [-0.39, 0.29) is 23.8 Å². The van der Waals surface area contributed by atoms with E-state index in [9.17, 15) is 28.1 Å². The summed E-state index contributed by atoms with van der Waals surface area (Å²) in [7, 11) is -2.52. The van der Waals surface area contributed by atoms with Crippen LogP contribution >= 0.6 is 0 Å². The molecule has 2 aromatic carbocycles. The first-order valence-corrected chi connectivity index (χ1v) is 12.5. The second-order valence-corrected chi connectivity index (χ2v) is 9.95. The van der Waals surface area contributed by atoms with Crippen molar-refractivity contribution < 1.29 is 22.9 Å². The normalized spacial score (nSPS) is 12.0. The van der Waals surface area contributed by atoms with Crippen LogP contribution in [0.15, 0.2) is 42.5 Å². The zero-order chi connectivity index (χ0) is 25.6. The number of carbonyl (C=O) groups excluding carboxylic acids is 2. The van der Waals surface area contributed by atoms with E-state index >= 15 is 0 Å². The van der Waals surface area contributed by atoms with Crippen molar-refractivity contribution >= 4 is 33.2 Å². The number of nitro benzene ring substituents is 1. The van der Waals surface area contributed by atoms with Gasteiger partial charge in [-0.25, -0.2) is 8.42 Å². The lowest BCUT2D eigenvalue weighted by Gasteiger charge is -2.32. The van der Waals surface area contributed by atoms with Gasteiger partial charge in [-0.1, -0.05) is 42.8 Å². The number of nitro groups is 1. The fourth-order valence-corrected chi connectivity index (χ4v) is 4.45. The maximum absolute atomic E-state index is 13.5. The minimum Gasteiger partial charge on any atom is -0.357 e. The summed E-state index contributed by atoms with van der Waals surface area (Å²) in [6.45, 7) is 4.77. The van der Waals surface area contributed by atoms with Crippen LogP contribution in [0.5, 0.6) is 0 Å². The smallest absolute Gasteiger partial charge is 0.271 e. The van der Waals surface area contributed by atoms with Gasteiger partial charge in [-0.15, -0.1) is 0 Å². The maximum atomic E-state index is 13.5. The van der Waals surface area contributed by atoms with Crippen LogP contribution in [0.4, 0.5) is 11.4 Å². The topological polar surface area (TPSA) is 130 Å². The van der Waals surface area contributed by atoms with Crippen molar-refractivity contribution in [3.05, 3.63) is 69.3 Å². The highest BCUT2D eigenvalue weighted by Gasteiger charge is 2.32. The molecule has 0 saturated heterocycles. The van der Waals surface area contributed by atoms with E-state index in [1.807, 2.05) is 31.2 Å². The molecule has 0 heterocycles. The lowest BCUT2D eigenvalue weighted by Crippen LogP contribution is -2.51. The van der Waals surface area contributed by atoms with Gasteiger partial charge in [0.05, 0.1) is 16.9 Å². The number of non-ortho nitro benzene ring substituents is 1. The summed E-state index contributed by atoms with van der Waals surface area (Å²) in [4.78, 5) is 38.0. The molecular formula is C23H30N4O6S. The predicted octanol–water partition coefficient (Wildman–Crippen LogP) is 2.53. The molecule has 184 valence electrons. The second-order valence-electron chi connectivity index (χ2n) is 8.04. The van der Waals surface area contributed by atoms with Crippen LogP contribution < -0.4 is 9.62 Å². The first-order chi connectivity index (χ1) is 15.9. The molecule has 0 saturated carbocycles. The number of nitrogens with one attached hydrogen (secondary N) is 1. The SMILES string of the molecule is CC[C@@H](C(=O)NC)N(Cc1ccc(C)cc1)C(=O)CN(c1cc([N+](=O)[O-])ccc1C)S(C)(=O)=O. The number of amides is 2. The van der Waals surface area contributed by atoms with E-state index in [4.69, 9.17) is 0 Å². The van der Waals surface area contributed by atoms with E-state index < -0.39 is 33.4 Å². The Labute approximate surface area is 199 Å². The Hall–Kier alpha value is -3.47. The molecule has 0 radical (unpaired) electrons. The molecule has 2 amide bonds. The molecule has 0 fully saturated rings. The molecule has 2 aromatic rings. The number of nitrogens with zero attached hydrogens (tertiary/aromatic N) is 3. The van der Waals surface area contributed by atoms with Gasteiger partial charge in [-0.3, -0.25) is 24.0 Å². The van der Waals surface area contributed by atoms with E-state index in [1.54, 1.807) is 13.8 Å². The Bertz CT molecular complexity index is 1160. The summed E-state index contributed by atoms with van der Waals surface area (Å²) >= 11 is 0. The van der Waals surface area contributed by atoms with Crippen LogP contribution in [0.1, 0.15) is 30.0 Å². The summed E-state index contributed by atoms with van der Waals surface area (Å²) < 4.78 is 26.2. The van der Waals surface area contributed by atoms with Gasteiger partial charge >= 0.3 is 0 Å². The van der Waals surface area contributed by atoms with Crippen LogP contribution in [0.2, 0.25) is 0 Å². The minimum atomic E-state index is -3.99. The van der Waals surface area contributed by atoms with Gasteiger partial charge in [0.25, 0.3) is 5.69 Å². The second kappa shape index (κ2) is 11.1. The zero-order valence-electron chi connectivity index (χ0n) is 19.9. The standard InChI is InChI=1S/C23H30N4O6S/c1-6-20(23(29)24-4)25(14-18-10-7-16(2)8-11-18)22(28)15-26(34(5,32)33)21-13-19(27(30)31)12-9-17(21)3/h7-13,20H,6,14-15H2,1-5H3,(H,24,29)/t20-/m0/s1. The van der Waals surface area contributed by atoms with Crippen LogP contribution in [0.3, 0.4) is 0 Å². The van der Waals surface area contributed by atoms with E-state index in [0.717, 1.165) is 27.8 Å². The Kier molecular flexibility index (Phi) is 8.74. The van der Waals surface area contributed by atoms with Crippen molar-refractivity contribution in [2.75, 3.05) is 24.2 Å². The molecule has 0 spiro atoms. The molecular weight excluding hydrogens is 460 g/mol. The average Bonchev–Trinajstić information content (AvgIpc) is 2.77. The van der Waals surface area contributed by atoms with Crippen LogP contribution in [0, 0.1) is 24.0 Å². The highest BCUT2D eigenvalue weighted by Crippen LogP contribution is 2.28. The Morgan fingerprint density at radius 2 is 1.74 bits per heavy atom. The van der Waals surface area contributed by atoms with E-state index in [1.165, 1.54) is 24.1 Å². The fraction of sp³-hybridized carbons (Fsp3) is 0.391. The molecule has 0 bridgehead atoms. The number of aryl methyl sites for hydroxylation is 2. The summed E-state index contributed by atoms with van der Waals surface area (Å²) in [5, 5.41) is 13.8. The Balaban J connectivity index is 2.51. The molecule has 11 heteroatoms. The highest BCUT2D eigenvalue weighted by molar-refractivity contribution is 7.92. The first kappa shape index (κ1) is 26.8. The molecule has 0 aliphatic heterocycles. The van der Waals surface area contributed by atoms with Crippen molar-refractivity contribution in [2.45, 2.75) is 39.8 Å². The van der Waals surface area contributed by atoms with Gasteiger partial charge in [-0.2, -0.15) is 0 Å². The zero-order valence-corrected chi connectivity index (χ0v) is 20.8. The summed E-state index contributed by atoms with van der Waals surface area (Å²) in [6, 6.07) is 10.4. The van der Waals surface area contributed by atoms with E-state index in [0.29, 0.717) is 12.0 Å². The van der Waals surface area contributed by atoms with Crippen molar-refractivity contribution in [1.29, 1.82) is 0 Å². The summed E-state index contributed by atoms with van der Waals surface area (Å²) in [5.74, 6) is -0.979. The summed E-state index contributed by atoms with van der Waals surface area (Å²) in [6.07, 6.45) is 1.24. The monoisotopic (exact) mass is 490 g/mol.